The summed E-state index contributed by atoms with van der Waals surface area (Å²) in [5.74, 6) is 1.72. The molecular weight excluding hydrogens is 208 g/mol. The van der Waals surface area contributed by atoms with E-state index in [9.17, 15) is 0 Å². The summed E-state index contributed by atoms with van der Waals surface area (Å²) in [7, 11) is 0. The molecule has 0 spiro atoms. The minimum Gasteiger partial charge on any atom is -0.312 e. The van der Waals surface area contributed by atoms with Gasteiger partial charge >= 0.3 is 0 Å². The van der Waals surface area contributed by atoms with Crippen LogP contribution in [0.4, 0.5) is 0 Å². The van der Waals surface area contributed by atoms with Crippen LogP contribution in [-0.4, -0.2) is 36.6 Å². The summed E-state index contributed by atoms with van der Waals surface area (Å²) in [6.45, 7) is 15.3. The molecule has 0 heterocycles. The van der Waals surface area contributed by atoms with E-state index in [4.69, 9.17) is 0 Å². The zero-order valence-corrected chi connectivity index (χ0v) is 12.5. The van der Waals surface area contributed by atoms with Gasteiger partial charge in [0.05, 0.1) is 0 Å². The van der Waals surface area contributed by atoms with Crippen LogP contribution in [0, 0.1) is 11.8 Å². The summed E-state index contributed by atoms with van der Waals surface area (Å²) in [5.41, 5.74) is 0. The number of rotatable bonds is 9. The van der Waals surface area contributed by atoms with E-state index in [0.29, 0.717) is 12.1 Å². The van der Waals surface area contributed by atoms with Gasteiger partial charge in [-0.25, -0.2) is 0 Å². The van der Waals surface area contributed by atoms with Gasteiger partial charge in [0, 0.05) is 25.2 Å². The third-order valence-corrected chi connectivity index (χ3v) is 3.81. The lowest BCUT2D eigenvalue weighted by Crippen LogP contribution is -2.47. The molecular formula is C15H32N2. The number of nitrogens with zero attached hydrogens (tertiary/aromatic N) is 1. The first kappa shape index (κ1) is 15.0. The maximum absolute atomic E-state index is 3.71. The molecule has 1 saturated carbocycles. The van der Waals surface area contributed by atoms with Crippen LogP contribution >= 0.6 is 0 Å². The van der Waals surface area contributed by atoms with E-state index < -0.39 is 0 Å². The molecule has 2 nitrogen and oxygen atoms in total. The van der Waals surface area contributed by atoms with Gasteiger partial charge in [0.25, 0.3) is 0 Å². The summed E-state index contributed by atoms with van der Waals surface area (Å²) < 4.78 is 0. The number of hydrogen-bond acceptors (Lipinski definition) is 2. The molecule has 1 aliphatic carbocycles. The van der Waals surface area contributed by atoms with Crippen molar-refractivity contribution in [2.45, 2.75) is 66.0 Å². The Morgan fingerprint density at radius 1 is 1.18 bits per heavy atom. The third-order valence-electron chi connectivity index (χ3n) is 3.81. The van der Waals surface area contributed by atoms with Gasteiger partial charge in [0.1, 0.15) is 0 Å². The molecule has 1 unspecified atom stereocenters. The van der Waals surface area contributed by atoms with E-state index in [2.05, 4.69) is 44.8 Å². The second kappa shape index (κ2) is 7.38. The van der Waals surface area contributed by atoms with Crippen LogP contribution in [0.3, 0.4) is 0 Å². The summed E-state index contributed by atoms with van der Waals surface area (Å²) in [4.78, 5) is 2.67. The summed E-state index contributed by atoms with van der Waals surface area (Å²) >= 11 is 0. The molecule has 0 saturated heterocycles. The highest BCUT2D eigenvalue weighted by atomic mass is 15.2. The molecule has 0 radical (unpaired) electrons. The van der Waals surface area contributed by atoms with Crippen molar-refractivity contribution in [1.82, 2.24) is 10.2 Å². The molecule has 1 fully saturated rings. The monoisotopic (exact) mass is 240 g/mol. The van der Waals surface area contributed by atoms with E-state index >= 15 is 0 Å². The molecule has 0 amide bonds. The lowest BCUT2D eigenvalue weighted by atomic mass is 10.0. The summed E-state index contributed by atoms with van der Waals surface area (Å²) in [5, 5.41) is 3.71. The average Bonchev–Trinajstić information content (AvgIpc) is 3.05. The van der Waals surface area contributed by atoms with Gasteiger partial charge in [-0.15, -0.1) is 0 Å². The zero-order valence-electron chi connectivity index (χ0n) is 12.5. The highest BCUT2D eigenvalue weighted by Gasteiger charge is 2.27. The van der Waals surface area contributed by atoms with Gasteiger partial charge in [-0.1, -0.05) is 20.8 Å². The quantitative estimate of drug-likeness (QED) is 0.666. The molecule has 0 aliphatic heterocycles. The van der Waals surface area contributed by atoms with Gasteiger partial charge in [-0.05, 0) is 51.5 Å². The summed E-state index contributed by atoms with van der Waals surface area (Å²) in [6, 6.07) is 1.33. The highest BCUT2D eigenvalue weighted by Crippen LogP contribution is 2.30. The van der Waals surface area contributed by atoms with Crippen molar-refractivity contribution in [1.29, 1.82) is 0 Å². The Balaban J connectivity index is 2.41. The number of hydrogen-bond donors (Lipinski definition) is 1. The van der Waals surface area contributed by atoms with Crippen molar-refractivity contribution < 1.29 is 0 Å². The number of nitrogens with one attached hydrogen (secondary N) is 1. The van der Waals surface area contributed by atoms with Crippen molar-refractivity contribution in [2.75, 3.05) is 19.6 Å². The van der Waals surface area contributed by atoms with Gasteiger partial charge in [-0.3, -0.25) is 4.90 Å². The topological polar surface area (TPSA) is 15.3 Å². The molecule has 0 aromatic rings. The largest absolute Gasteiger partial charge is 0.312 e. The van der Waals surface area contributed by atoms with Gasteiger partial charge in [0.15, 0.2) is 0 Å². The molecule has 1 N–H and O–H groups in total. The van der Waals surface area contributed by atoms with E-state index in [-0.39, 0.29) is 0 Å². The molecule has 2 heteroatoms. The average molecular weight is 240 g/mol. The summed E-state index contributed by atoms with van der Waals surface area (Å²) in [6.07, 6.45) is 4.14. The standard InChI is InChI=1S/C15H32N2/c1-6-9-16-15(12(2)3)11-17(13(4)5)10-14-7-8-14/h12-16H,6-11H2,1-5H3. The smallest absolute Gasteiger partial charge is 0.0218 e. The molecule has 1 aliphatic rings. The van der Waals surface area contributed by atoms with E-state index in [1.54, 1.807) is 0 Å². The highest BCUT2D eigenvalue weighted by molar-refractivity contribution is 4.82. The first-order valence-electron chi connectivity index (χ1n) is 7.52. The van der Waals surface area contributed by atoms with Crippen LogP contribution in [0.25, 0.3) is 0 Å². The predicted molar refractivity (Wildman–Crippen MR) is 76.4 cm³/mol. The van der Waals surface area contributed by atoms with E-state index in [1.165, 1.54) is 32.4 Å². The fraction of sp³-hybridized carbons (Fsp3) is 1.00. The van der Waals surface area contributed by atoms with Crippen LogP contribution in [0.5, 0.6) is 0 Å². The Kier molecular flexibility index (Phi) is 6.50. The normalized spacial score (nSPS) is 18.4. The molecule has 0 aromatic heterocycles. The Labute approximate surface area is 108 Å². The third kappa shape index (κ3) is 5.87. The molecule has 102 valence electrons. The van der Waals surface area contributed by atoms with Crippen molar-refractivity contribution in [3.05, 3.63) is 0 Å². The van der Waals surface area contributed by atoms with Crippen molar-refractivity contribution >= 4 is 0 Å². The molecule has 1 atom stereocenters. The Morgan fingerprint density at radius 3 is 2.24 bits per heavy atom. The van der Waals surface area contributed by atoms with Crippen LogP contribution in [-0.2, 0) is 0 Å². The van der Waals surface area contributed by atoms with E-state index in [0.717, 1.165) is 18.4 Å². The molecule has 1 rings (SSSR count). The van der Waals surface area contributed by atoms with Crippen LogP contribution in [0.1, 0.15) is 53.9 Å². The van der Waals surface area contributed by atoms with Crippen molar-refractivity contribution in [3.63, 3.8) is 0 Å². The second-order valence-corrected chi connectivity index (χ2v) is 6.30. The zero-order chi connectivity index (χ0) is 12.8. The van der Waals surface area contributed by atoms with Crippen molar-refractivity contribution in [2.24, 2.45) is 11.8 Å². The lowest BCUT2D eigenvalue weighted by molar-refractivity contribution is 0.173. The second-order valence-electron chi connectivity index (χ2n) is 6.30. The maximum Gasteiger partial charge on any atom is 0.0218 e. The Bertz CT molecular complexity index is 197. The maximum atomic E-state index is 3.71. The van der Waals surface area contributed by atoms with E-state index in [1.807, 2.05) is 0 Å². The van der Waals surface area contributed by atoms with Crippen LogP contribution < -0.4 is 5.32 Å². The first-order valence-corrected chi connectivity index (χ1v) is 7.52. The predicted octanol–water partition coefficient (Wildman–Crippen LogP) is 3.13. The Hall–Kier alpha value is -0.0800. The molecule has 17 heavy (non-hydrogen) atoms. The molecule has 0 bridgehead atoms. The van der Waals surface area contributed by atoms with Crippen molar-refractivity contribution in [3.8, 4) is 0 Å². The van der Waals surface area contributed by atoms with Gasteiger partial charge < -0.3 is 5.32 Å². The van der Waals surface area contributed by atoms with Crippen LogP contribution in [0.15, 0.2) is 0 Å². The van der Waals surface area contributed by atoms with Gasteiger partial charge in [0.2, 0.25) is 0 Å². The van der Waals surface area contributed by atoms with Gasteiger partial charge in [-0.2, -0.15) is 0 Å². The minimum absolute atomic E-state index is 0.649. The first-order chi connectivity index (χ1) is 8.04. The lowest BCUT2D eigenvalue weighted by Gasteiger charge is -2.33. The minimum atomic E-state index is 0.649. The molecule has 0 aromatic carbocycles. The van der Waals surface area contributed by atoms with Crippen LogP contribution in [0.2, 0.25) is 0 Å². The fourth-order valence-electron chi connectivity index (χ4n) is 2.22. The fourth-order valence-corrected chi connectivity index (χ4v) is 2.22. The SMILES string of the molecule is CCCNC(CN(CC1CC1)C(C)C)C(C)C. The Morgan fingerprint density at radius 2 is 1.82 bits per heavy atom.